The minimum atomic E-state index is -0.249. The number of hydrogen-bond acceptors (Lipinski definition) is 2. The molecule has 0 N–H and O–H groups in total. The van der Waals surface area contributed by atoms with Crippen molar-refractivity contribution < 1.29 is 9.53 Å². The standard InChI is InChI=1S/C9H14O2/c1-6(2)9(10)11-8-5-4-7(8)3/h7-8H,1,4-5H2,2-3H3. The smallest absolute Gasteiger partial charge is 0.333 e. The summed E-state index contributed by atoms with van der Waals surface area (Å²) in [4.78, 5) is 11.0. The maximum Gasteiger partial charge on any atom is 0.333 e. The molecule has 0 radical (unpaired) electrons. The zero-order valence-electron chi connectivity index (χ0n) is 7.09. The lowest BCUT2D eigenvalue weighted by molar-refractivity contribution is -0.152. The van der Waals surface area contributed by atoms with Gasteiger partial charge in [-0.05, 0) is 25.7 Å². The Morgan fingerprint density at radius 2 is 2.18 bits per heavy atom. The molecule has 0 aromatic rings. The molecule has 0 aliphatic heterocycles. The van der Waals surface area contributed by atoms with Crippen LogP contribution in [0.25, 0.3) is 0 Å². The van der Waals surface area contributed by atoms with Crippen LogP contribution in [0.2, 0.25) is 0 Å². The van der Waals surface area contributed by atoms with Crippen molar-refractivity contribution in [1.29, 1.82) is 0 Å². The summed E-state index contributed by atoms with van der Waals surface area (Å²) in [6.07, 6.45) is 2.34. The molecular formula is C9H14O2. The first kappa shape index (κ1) is 8.31. The molecule has 2 unspecified atom stereocenters. The summed E-state index contributed by atoms with van der Waals surface area (Å²) in [7, 11) is 0. The van der Waals surface area contributed by atoms with Crippen molar-refractivity contribution in [2.75, 3.05) is 0 Å². The second-order valence-corrected chi connectivity index (χ2v) is 3.28. The number of hydrogen-bond donors (Lipinski definition) is 0. The van der Waals surface area contributed by atoms with Gasteiger partial charge < -0.3 is 4.74 Å². The first-order chi connectivity index (χ1) is 5.11. The normalized spacial score (nSPS) is 28.9. The van der Waals surface area contributed by atoms with E-state index >= 15 is 0 Å². The zero-order valence-corrected chi connectivity index (χ0v) is 7.09. The maximum atomic E-state index is 11.0. The van der Waals surface area contributed by atoms with Crippen molar-refractivity contribution in [1.82, 2.24) is 0 Å². The molecule has 0 saturated heterocycles. The molecule has 11 heavy (non-hydrogen) atoms. The lowest BCUT2D eigenvalue weighted by Crippen LogP contribution is -2.33. The minimum absolute atomic E-state index is 0.152. The number of esters is 1. The molecular weight excluding hydrogens is 140 g/mol. The van der Waals surface area contributed by atoms with Crippen LogP contribution in [0.4, 0.5) is 0 Å². The molecule has 0 amide bonds. The fraction of sp³-hybridized carbons (Fsp3) is 0.667. The molecule has 1 rings (SSSR count). The molecule has 0 aromatic carbocycles. The highest BCUT2D eigenvalue weighted by Gasteiger charge is 2.30. The van der Waals surface area contributed by atoms with E-state index in [0.29, 0.717) is 11.5 Å². The zero-order chi connectivity index (χ0) is 8.43. The highest BCUT2D eigenvalue weighted by molar-refractivity contribution is 5.87. The topological polar surface area (TPSA) is 26.3 Å². The van der Waals surface area contributed by atoms with Crippen molar-refractivity contribution in [2.24, 2.45) is 5.92 Å². The van der Waals surface area contributed by atoms with Gasteiger partial charge in [0, 0.05) is 5.57 Å². The Balaban J connectivity index is 2.31. The molecule has 1 aliphatic carbocycles. The van der Waals surface area contributed by atoms with Gasteiger partial charge >= 0.3 is 5.97 Å². The van der Waals surface area contributed by atoms with Crippen molar-refractivity contribution in [2.45, 2.75) is 32.8 Å². The van der Waals surface area contributed by atoms with Gasteiger partial charge in [0.2, 0.25) is 0 Å². The Morgan fingerprint density at radius 3 is 2.45 bits per heavy atom. The molecule has 0 bridgehead atoms. The van der Waals surface area contributed by atoms with Gasteiger partial charge in [0.25, 0.3) is 0 Å². The third kappa shape index (κ3) is 1.82. The molecule has 0 aromatic heterocycles. The summed E-state index contributed by atoms with van der Waals surface area (Å²) in [6.45, 7) is 7.29. The van der Waals surface area contributed by atoms with E-state index in [2.05, 4.69) is 13.5 Å². The fourth-order valence-electron chi connectivity index (χ4n) is 1.05. The lowest BCUT2D eigenvalue weighted by atomic mass is 9.83. The highest BCUT2D eigenvalue weighted by Crippen LogP contribution is 2.29. The van der Waals surface area contributed by atoms with E-state index in [1.807, 2.05) is 0 Å². The predicted molar refractivity (Wildman–Crippen MR) is 43.1 cm³/mol. The highest BCUT2D eigenvalue weighted by atomic mass is 16.5. The molecule has 1 saturated carbocycles. The van der Waals surface area contributed by atoms with Crippen LogP contribution in [0, 0.1) is 5.92 Å². The van der Waals surface area contributed by atoms with Crippen LogP contribution in [0.5, 0.6) is 0 Å². The second kappa shape index (κ2) is 3.07. The Bertz CT molecular complexity index is 184. The third-order valence-electron chi connectivity index (χ3n) is 2.15. The molecule has 2 nitrogen and oxygen atoms in total. The Morgan fingerprint density at radius 1 is 1.55 bits per heavy atom. The van der Waals surface area contributed by atoms with Crippen molar-refractivity contribution in [3.63, 3.8) is 0 Å². The van der Waals surface area contributed by atoms with Gasteiger partial charge in [-0.3, -0.25) is 0 Å². The molecule has 0 heterocycles. The van der Waals surface area contributed by atoms with Crippen molar-refractivity contribution >= 4 is 5.97 Å². The third-order valence-corrected chi connectivity index (χ3v) is 2.15. The van der Waals surface area contributed by atoms with Crippen LogP contribution in [-0.4, -0.2) is 12.1 Å². The van der Waals surface area contributed by atoms with Crippen LogP contribution >= 0.6 is 0 Å². The van der Waals surface area contributed by atoms with E-state index in [0.717, 1.165) is 6.42 Å². The summed E-state index contributed by atoms with van der Waals surface area (Å²) in [6, 6.07) is 0. The van der Waals surface area contributed by atoms with Gasteiger partial charge in [-0.1, -0.05) is 13.5 Å². The van der Waals surface area contributed by atoms with Gasteiger partial charge in [-0.2, -0.15) is 0 Å². The molecule has 1 fully saturated rings. The minimum Gasteiger partial charge on any atom is -0.459 e. The van der Waals surface area contributed by atoms with Crippen molar-refractivity contribution in [3.05, 3.63) is 12.2 Å². The summed E-state index contributed by atoms with van der Waals surface area (Å²) in [5.41, 5.74) is 0.490. The lowest BCUT2D eigenvalue weighted by Gasteiger charge is -2.32. The largest absolute Gasteiger partial charge is 0.459 e. The van der Waals surface area contributed by atoms with E-state index in [4.69, 9.17) is 4.74 Å². The average molecular weight is 154 g/mol. The fourth-order valence-corrected chi connectivity index (χ4v) is 1.05. The Kier molecular flexibility index (Phi) is 2.32. The maximum absolute atomic E-state index is 11.0. The number of carbonyl (C=O) groups is 1. The Hall–Kier alpha value is -0.790. The monoisotopic (exact) mass is 154 g/mol. The molecule has 62 valence electrons. The van der Waals surface area contributed by atoms with E-state index in [-0.39, 0.29) is 12.1 Å². The molecule has 2 heteroatoms. The molecule has 2 atom stereocenters. The first-order valence-electron chi connectivity index (χ1n) is 3.97. The number of ether oxygens (including phenoxy) is 1. The Labute approximate surface area is 67.2 Å². The van der Waals surface area contributed by atoms with Gasteiger partial charge in [-0.25, -0.2) is 4.79 Å². The summed E-state index contributed by atoms with van der Waals surface area (Å²) < 4.78 is 5.12. The number of rotatable bonds is 2. The van der Waals surface area contributed by atoms with Crippen LogP contribution < -0.4 is 0 Å². The summed E-state index contributed by atoms with van der Waals surface area (Å²) in [5, 5.41) is 0. The van der Waals surface area contributed by atoms with E-state index in [1.165, 1.54) is 6.42 Å². The summed E-state index contributed by atoms with van der Waals surface area (Å²) >= 11 is 0. The van der Waals surface area contributed by atoms with Crippen LogP contribution in [0.3, 0.4) is 0 Å². The van der Waals surface area contributed by atoms with E-state index in [1.54, 1.807) is 6.92 Å². The van der Waals surface area contributed by atoms with Gasteiger partial charge in [0.1, 0.15) is 6.10 Å². The van der Waals surface area contributed by atoms with E-state index < -0.39 is 0 Å². The average Bonchev–Trinajstić information content (AvgIpc) is 1.96. The number of carbonyl (C=O) groups excluding carboxylic acids is 1. The first-order valence-corrected chi connectivity index (χ1v) is 3.97. The quantitative estimate of drug-likeness (QED) is 0.448. The SMILES string of the molecule is C=C(C)C(=O)OC1CCC1C. The van der Waals surface area contributed by atoms with Gasteiger partial charge in [-0.15, -0.1) is 0 Å². The van der Waals surface area contributed by atoms with Gasteiger partial charge in [0.05, 0.1) is 0 Å². The van der Waals surface area contributed by atoms with Crippen LogP contribution in [0.15, 0.2) is 12.2 Å². The molecule has 1 aliphatic rings. The predicted octanol–water partition coefficient (Wildman–Crippen LogP) is 1.90. The van der Waals surface area contributed by atoms with E-state index in [9.17, 15) is 4.79 Å². The summed E-state index contributed by atoms with van der Waals surface area (Å²) in [5.74, 6) is 0.292. The van der Waals surface area contributed by atoms with Crippen molar-refractivity contribution in [3.8, 4) is 0 Å². The van der Waals surface area contributed by atoms with Crippen LogP contribution in [-0.2, 0) is 9.53 Å². The molecule has 0 spiro atoms. The second-order valence-electron chi connectivity index (χ2n) is 3.28. The van der Waals surface area contributed by atoms with Gasteiger partial charge in [0.15, 0.2) is 0 Å². The van der Waals surface area contributed by atoms with Crippen LogP contribution in [0.1, 0.15) is 26.7 Å².